The van der Waals surface area contributed by atoms with Gasteiger partial charge >= 0.3 is 0 Å². The van der Waals surface area contributed by atoms with Gasteiger partial charge in [-0.2, -0.15) is 0 Å². The lowest BCUT2D eigenvalue weighted by Crippen LogP contribution is -1.68. The smallest absolute Gasteiger partial charge is 0.124 e. The van der Waals surface area contributed by atoms with Gasteiger partial charge in [0.1, 0.15) is 5.01 Å². The van der Waals surface area contributed by atoms with Crippen molar-refractivity contribution in [1.82, 2.24) is 4.98 Å². The molecule has 0 N–H and O–H groups in total. The maximum Gasteiger partial charge on any atom is 0.124 e. The van der Waals surface area contributed by atoms with Gasteiger partial charge in [-0.3, -0.25) is 0 Å². The Morgan fingerprint density at radius 1 is 1.00 bits per heavy atom. The van der Waals surface area contributed by atoms with Crippen LogP contribution in [0.5, 0.6) is 0 Å². The Morgan fingerprint density at radius 3 is 2.79 bits per heavy atom. The Bertz CT molecular complexity index is 532. The van der Waals surface area contributed by atoms with Crippen LogP contribution in [0.1, 0.15) is 0 Å². The van der Waals surface area contributed by atoms with Crippen molar-refractivity contribution in [2.24, 2.45) is 0 Å². The molecule has 3 heteroatoms. The number of halogens is 1. The summed E-state index contributed by atoms with van der Waals surface area (Å²) < 4.78 is 0. The van der Waals surface area contributed by atoms with Crippen LogP contribution in [0.3, 0.4) is 0 Å². The third-order valence-electron chi connectivity index (χ3n) is 2.17. The molecule has 0 aliphatic carbocycles. The summed E-state index contributed by atoms with van der Waals surface area (Å²) in [5.74, 6) is 0. The normalized spacial score (nSPS) is 10.3. The lowest BCUT2D eigenvalue weighted by molar-refractivity contribution is 1.52. The zero-order chi connectivity index (χ0) is 8.67. The molecule has 1 aromatic carbocycles. The van der Waals surface area contributed by atoms with Gasteiger partial charge in [0.15, 0.2) is 0 Å². The quantitative estimate of drug-likeness (QED) is 0.562. The van der Waals surface area contributed by atoms with Gasteiger partial charge < -0.3 is 0 Å². The van der Waals surface area contributed by atoms with Gasteiger partial charge in [0, 0.05) is 10.9 Å². The van der Waals surface area contributed by atoms with E-state index >= 15 is 0 Å². The zero-order valence-corrected chi connectivity index (χ0v) is 8.94. The average Bonchev–Trinajstić information content (AvgIpc) is 2.56. The van der Waals surface area contributed by atoms with Crippen molar-refractivity contribution in [3.05, 3.63) is 41.8 Å². The van der Waals surface area contributed by atoms with Crippen LogP contribution in [0.4, 0.5) is 0 Å². The van der Waals surface area contributed by atoms with Crippen molar-refractivity contribution in [3.8, 4) is 10.6 Å². The first-order valence-corrected chi connectivity index (χ1v) is 5.05. The molecule has 0 saturated heterocycles. The van der Waals surface area contributed by atoms with Crippen molar-refractivity contribution < 1.29 is 0 Å². The lowest BCUT2D eigenvalue weighted by Gasteiger charge is -1.92. The molecule has 0 spiro atoms. The molecule has 0 radical (unpaired) electrons. The molecule has 2 heterocycles. The Balaban J connectivity index is 0.000000750. The predicted molar refractivity (Wildman–Crippen MR) is 63.5 cm³/mol. The van der Waals surface area contributed by atoms with Gasteiger partial charge in [-0.15, -0.1) is 23.7 Å². The van der Waals surface area contributed by atoms with Crippen LogP contribution in [0.2, 0.25) is 0 Å². The first-order chi connectivity index (χ1) is 6.45. The van der Waals surface area contributed by atoms with Crippen LogP contribution < -0.4 is 0 Å². The molecule has 2 aliphatic heterocycles. The minimum absolute atomic E-state index is 0. The molecule has 14 heavy (non-hydrogen) atoms. The van der Waals surface area contributed by atoms with Crippen molar-refractivity contribution in [2.75, 3.05) is 0 Å². The average molecular weight is 222 g/mol. The summed E-state index contributed by atoms with van der Waals surface area (Å²) in [4.78, 5) is 4.53. The van der Waals surface area contributed by atoms with Gasteiger partial charge in [0.05, 0.1) is 5.52 Å². The molecular formula is C11H8ClNS. The van der Waals surface area contributed by atoms with E-state index in [1.165, 1.54) is 10.9 Å². The third-order valence-corrected chi connectivity index (χ3v) is 3.00. The molecule has 70 valence electrons. The standard InChI is InChI=1S/C11H7NS.ClH/c1-2-6-10-8(4-1)9-5-3-7-13-11(9)12-10;/h1-7H;1H. The second-order valence-electron chi connectivity index (χ2n) is 2.96. The number of para-hydroxylation sites is 1. The molecule has 2 aliphatic rings. The maximum atomic E-state index is 4.53. The highest BCUT2D eigenvalue weighted by molar-refractivity contribution is 7.13. The third kappa shape index (κ3) is 1.27. The summed E-state index contributed by atoms with van der Waals surface area (Å²) in [5.41, 5.74) is 2.36. The van der Waals surface area contributed by atoms with E-state index in [2.05, 4.69) is 40.7 Å². The van der Waals surface area contributed by atoms with Crippen molar-refractivity contribution in [1.29, 1.82) is 0 Å². The number of hydrogen-bond donors (Lipinski definition) is 0. The Hall–Kier alpha value is -1.12. The van der Waals surface area contributed by atoms with Gasteiger partial charge in [-0.05, 0) is 11.4 Å². The van der Waals surface area contributed by atoms with Gasteiger partial charge in [-0.1, -0.05) is 30.3 Å². The fourth-order valence-electron chi connectivity index (χ4n) is 1.57. The highest BCUT2D eigenvalue weighted by Gasteiger charge is 2.09. The first kappa shape index (κ1) is 9.44. The molecular weight excluding hydrogens is 214 g/mol. The second kappa shape index (κ2) is 3.56. The number of rotatable bonds is 0. The summed E-state index contributed by atoms with van der Waals surface area (Å²) in [6, 6.07) is 12.5. The molecule has 0 unspecified atom stereocenters. The minimum Gasteiger partial charge on any atom is -0.237 e. The summed E-state index contributed by atoms with van der Waals surface area (Å²) in [6.45, 7) is 0. The molecule has 0 bridgehead atoms. The fourth-order valence-corrected chi connectivity index (χ4v) is 2.32. The Morgan fingerprint density at radius 2 is 1.86 bits per heavy atom. The maximum absolute atomic E-state index is 4.53. The number of aromatic nitrogens is 1. The van der Waals surface area contributed by atoms with Crippen LogP contribution in [-0.4, -0.2) is 4.98 Å². The van der Waals surface area contributed by atoms with E-state index in [-0.39, 0.29) is 12.4 Å². The summed E-state index contributed by atoms with van der Waals surface area (Å²) in [6.07, 6.45) is 0. The molecule has 0 saturated carbocycles. The van der Waals surface area contributed by atoms with E-state index in [0.29, 0.717) is 0 Å². The van der Waals surface area contributed by atoms with Gasteiger partial charge in [0.25, 0.3) is 0 Å². The molecule has 0 aromatic heterocycles. The monoisotopic (exact) mass is 221 g/mol. The van der Waals surface area contributed by atoms with E-state index in [1.807, 2.05) is 6.07 Å². The topological polar surface area (TPSA) is 12.9 Å². The van der Waals surface area contributed by atoms with E-state index < -0.39 is 0 Å². The molecule has 1 nitrogen and oxygen atoms in total. The lowest BCUT2D eigenvalue weighted by atomic mass is 10.2. The highest BCUT2D eigenvalue weighted by atomic mass is 35.5. The van der Waals surface area contributed by atoms with Crippen LogP contribution >= 0.6 is 23.7 Å². The largest absolute Gasteiger partial charge is 0.237 e. The molecule has 0 amide bonds. The second-order valence-corrected chi connectivity index (χ2v) is 3.86. The summed E-state index contributed by atoms with van der Waals surface area (Å²) in [7, 11) is 0. The SMILES string of the molecule is Cl.c1csc2nc3ccccc3c-2c1. The predicted octanol–water partition coefficient (Wildman–Crippen LogP) is 3.82. The van der Waals surface area contributed by atoms with Crippen molar-refractivity contribution >= 4 is 34.6 Å². The van der Waals surface area contributed by atoms with Crippen LogP contribution in [0, 0.1) is 0 Å². The number of hydrogen-bond acceptors (Lipinski definition) is 2. The van der Waals surface area contributed by atoms with E-state index in [4.69, 9.17) is 0 Å². The van der Waals surface area contributed by atoms with E-state index in [9.17, 15) is 0 Å². The van der Waals surface area contributed by atoms with Crippen molar-refractivity contribution in [3.63, 3.8) is 0 Å². The van der Waals surface area contributed by atoms with Gasteiger partial charge in [0.2, 0.25) is 0 Å². The van der Waals surface area contributed by atoms with Crippen LogP contribution in [0.15, 0.2) is 41.8 Å². The molecule has 0 fully saturated rings. The number of fused-ring (bicyclic) bond motifs is 3. The number of nitrogens with zero attached hydrogens (tertiary/aromatic N) is 1. The number of benzene rings is 1. The fraction of sp³-hybridized carbons (Fsp3) is 0. The zero-order valence-electron chi connectivity index (χ0n) is 7.31. The van der Waals surface area contributed by atoms with Crippen LogP contribution in [-0.2, 0) is 0 Å². The van der Waals surface area contributed by atoms with Crippen molar-refractivity contribution in [2.45, 2.75) is 0 Å². The molecule has 0 atom stereocenters. The first-order valence-electron chi connectivity index (χ1n) is 4.17. The molecule has 1 aromatic rings. The van der Waals surface area contributed by atoms with E-state index in [1.54, 1.807) is 11.3 Å². The van der Waals surface area contributed by atoms with Crippen LogP contribution in [0.25, 0.3) is 21.5 Å². The highest BCUT2D eigenvalue weighted by Crippen LogP contribution is 2.32. The Labute approximate surface area is 92.2 Å². The summed E-state index contributed by atoms with van der Waals surface area (Å²) >= 11 is 1.69. The Kier molecular flexibility index (Phi) is 2.40. The molecule has 3 rings (SSSR count). The summed E-state index contributed by atoms with van der Waals surface area (Å²) in [5, 5.41) is 4.45. The van der Waals surface area contributed by atoms with E-state index in [0.717, 1.165) is 10.5 Å². The minimum atomic E-state index is 0. The van der Waals surface area contributed by atoms with Gasteiger partial charge in [-0.25, -0.2) is 4.98 Å².